The van der Waals surface area contributed by atoms with Gasteiger partial charge in [0.25, 0.3) is 0 Å². The van der Waals surface area contributed by atoms with Gasteiger partial charge in [-0.1, -0.05) is 5.21 Å². The van der Waals surface area contributed by atoms with Gasteiger partial charge in [-0.25, -0.2) is 18.7 Å². The molecule has 1 saturated heterocycles. The van der Waals surface area contributed by atoms with E-state index in [4.69, 9.17) is 4.74 Å². The van der Waals surface area contributed by atoms with Crippen LogP contribution in [0.4, 0.5) is 9.18 Å². The van der Waals surface area contributed by atoms with Crippen molar-refractivity contribution >= 4 is 23.1 Å². The Hall–Kier alpha value is -2.71. The van der Waals surface area contributed by atoms with E-state index in [1.165, 1.54) is 10.7 Å². The molecule has 1 amide bonds. The van der Waals surface area contributed by atoms with Gasteiger partial charge >= 0.3 is 12.1 Å². The SMILES string of the molecule is CC(C)(C)OC(=O)N1CCCC(n2nnc3ccc(F)c(C(=O)O)c32)C1. The Morgan fingerprint density at radius 3 is 2.73 bits per heavy atom. The van der Waals surface area contributed by atoms with E-state index in [1.807, 2.05) is 0 Å². The predicted octanol–water partition coefficient (Wildman–Crippen LogP) is 2.84. The number of likely N-dealkylation sites (tertiary alicyclic amines) is 1. The van der Waals surface area contributed by atoms with Crippen LogP contribution >= 0.6 is 0 Å². The van der Waals surface area contributed by atoms with Crippen LogP contribution in [-0.2, 0) is 4.74 Å². The number of aromatic carboxylic acids is 1. The van der Waals surface area contributed by atoms with Crippen molar-refractivity contribution < 1.29 is 23.8 Å². The van der Waals surface area contributed by atoms with Crippen LogP contribution in [0.5, 0.6) is 0 Å². The fourth-order valence-electron chi connectivity index (χ4n) is 3.11. The molecule has 1 aliphatic heterocycles. The summed E-state index contributed by atoms with van der Waals surface area (Å²) in [7, 11) is 0. The van der Waals surface area contributed by atoms with E-state index in [0.717, 1.165) is 6.07 Å². The van der Waals surface area contributed by atoms with E-state index >= 15 is 0 Å². The predicted molar refractivity (Wildman–Crippen MR) is 90.5 cm³/mol. The van der Waals surface area contributed by atoms with Crippen LogP contribution in [-0.4, -0.2) is 55.8 Å². The number of carboxylic acid groups (broad SMARTS) is 1. The Morgan fingerprint density at radius 1 is 1.35 bits per heavy atom. The molecular weight excluding hydrogens is 343 g/mol. The van der Waals surface area contributed by atoms with Crippen molar-refractivity contribution in [3.8, 4) is 0 Å². The van der Waals surface area contributed by atoms with Crippen molar-refractivity contribution in [3.63, 3.8) is 0 Å². The Kier molecular flexibility index (Phi) is 4.55. The molecular formula is C17H21FN4O4. The van der Waals surface area contributed by atoms with Crippen molar-refractivity contribution in [1.82, 2.24) is 19.9 Å². The molecule has 1 atom stereocenters. The Labute approximate surface area is 149 Å². The molecule has 26 heavy (non-hydrogen) atoms. The highest BCUT2D eigenvalue weighted by molar-refractivity contribution is 6.01. The molecule has 0 saturated carbocycles. The molecule has 3 rings (SSSR count). The molecule has 9 heteroatoms. The maximum atomic E-state index is 14.1. The molecule has 1 aromatic carbocycles. The van der Waals surface area contributed by atoms with Crippen molar-refractivity contribution in [3.05, 3.63) is 23.5 Å². The molecule has 0 spiro atoms. The first-order valence-corrected chi connectivity index (χ1v) is 8.42. The second-order valence-corrected chi connectivity index (χ2v) is 7.35. The van der Waals surface area contributed by atoms with E-state index in [-0.39, 0.29) is 11.6 Å². The standard InChI is InChI=1S/C17H21FN4O4/c1-17(2,3)26-16(25)21-8-4-5-10(9-21)22-14-12(19-20-22)7-6-11(18)13(14)15(23)24/h6-7,10H,4-5,8-9H2,1-3H3,(H,23,24). The lowest BCUT2D eigenvalue weighted by Gasteiger charge is -2.34. The number of hydrogen-bond donors (Lipinski definition) is 1. The fraction of sp³-hybridized carbons (Fsp3) is 0.529. The highest BCUT2D eigenvalue weighted by Crippen LogP contribution is 2.28. The molecule has 1 aromatic heterocycles. The maximum Gasteiger partial charge on any atom is 0.410 e. The van der Waals surface area contributed by atoms with Gasteiger partial charge in [0.15, 0.2) is 0 Å². The van der Waals surface area contributed by atoms with Gasteiger partial charge < -0.3 is 14.7 Å². The lowest BCUT2D eigenvalue weighted by molar-refractivity contribution is 0.0168. The first kappa shape index (κ1) is 18.1. The molecule has 1 N–H and O–H groups in total. The summed E-state index contributed by atoms with van der Waals surface area (Å²) in [5, 5.41) is 17.4. The second-order valence-electron chi connectivity index (χ2n) is 7.35. The van der Waals surface area contributed by atoms with Crippen LogP contribution in [0.15, 0.2) is 12.1 Å². The van der Waals surface area contributed by atoms with Crippen LogP contribution in [0.25, 0.3) is 11.0 Å². The monoisotopic (exact) mass is 364 g/mol. The molecule has 2 aromatic rings. The molecule has 1 unspecified atom stereocenters. The molecule has 0 bridgehead atoms. The number of carboxylic acids is 1. The lowest BCUT2D eigenvalue weighted by atomic mass is 10.1. The van der Waals surface area contributed by atoms with E-state index in [9.17, 15) is 19.1 Å². The maximum absolute atomic E-state index is 14.1. The summed E-state index contributed by atoms with van der Waals surface area (Å²) in [6, 6.07) is 2.16. The third-order valence-electron chi connectivity index (χ3n) is 4.19. The van der Waals surface area contributed by atoms with Crippen LogP contribution < -0.4 is 0 Å². The second kappa shape index (κ2) is 6.54. The first-order chi connectivity index (χ1) is 12.2. The topological polar surface area (TPSA) is 97.5 Å². The Morgan fingerprint density at radius 2 is 2.08 bits per heavy atom. The number of aromatic nitrogens is 3. The molecule has 2 heterocycles. The number of ether oxygens (including phenoxy) is 1. The average Bonchev–Trinajstić information content (AvgIpc) is 2.96. The number of nitrogens with zero attached hydrogens (tertiary/aromatic N) is 4. The Balaban J connectivity index is 1.93. The number of rotatable bonds is 2. The number of piperidine rings is 1. The van der Waals surface area contributed by atoms with Gasteiger partial charge in [0, 0.05) is 13.1 Å². The quantitative estimate of drug-likeness (QED) is 0.880. The van der Waals surface area contributed by atoms with Gasteiger partial charge in [-0.15, -0.1) is 5.10 Å². The van der Waals surface area contributed by atoms with E-state index in [0.29, 0.717) is 31.4 Å². The molecule has 140 valence electrons. The van der Waals surface area contributed by atoms with Gasteiger partial charge in [0.05, 0.1) is 6.04 Å². The molecule has 0 aliphatic carbocycles. The summed E-state index contributed by atoms with van der Waals surface area (Å²) in [5.41, 5.74) is -0.627. The summed E-state index contributed by atoms with van der Waals surface area (Å²) in [6.45, 7) is 6.21. The minimum atomic E-state index is -1.38. The van der Waals surface area contributed by atoms with E-state index in [2.05, 4.69) is 10.3 Å². The fourth-order valence-corrected chi connectivity index (χ4v) is 3.11. The van der Waals surface area contributed by atoms with Crippen LogP contribution in [0.1, 0.15) is 50.0 Å². The van der Waals surface area contributed by atoms with Crippen molar-refractivity contribution in [1.29, 1.82) is 0 Å². The van der Waals surface area contributed by atoms with Gasteiger partial charge in [0.1, 0.15) is 28.0 Å². The summed E-state index contributed by atoms with van der Waals surface area (Å²) >= 11 is 0. The smallest absolute Gasteiger partial charge is 0.410 e. The minimum absolute atomic E-state index is 0.133. The number of halogens is 1. The van der Waals surface area contributed by atoms with Crippen molar-refractivity contribution in [2.24, 2.45) is 0 Å². The number of fused-ring (bicyclic) bond motifs is 1. The number of carbonyl (C=O) groups excluding carboxylic acids is 1. The third kappa shape index (κ3) is 3.47. The average molecular weight is 364 g/mol. The summed E-state index contributed by atoms with van der Waals surface area (Å²) in [4.78, 5) is 25.4. The molecule has 0 radical (unpaired) electrons. The third-order valence-corrected chi connectivity index (χ3v) is 4.19. The number of carbonyl (C=O) groups is 2. The van der Waals surface area contributed by atoms with Crippen LogP contribution in [0.2, 0.25) is 0 Å². The zero-order chi connectivity index (χ0) is 19.1. The minimum Gasteiger partial charge on any atom is -0.478 e. The first-order valence-electron chi connectivity index (χ1n) is 8.42. The summed E-state index contributed by atoms with van der Waals surface area (Å²) in [6.07, 6.45) is 0.937. The normalized spacial score (nSPS) is 18.2. The van der Waals surface area contributed by atoms with Gasteiger partial charge in [0.2, 0.25) is 0 Å². The zero-order valence-corrected chi connectivity index (χ0v) is 14.9. The van der Waals surface area contributed by atoms with Crippen LogP contribution in [0, 0.1) is 5.82 Å². The van der Waals surface area contributed by atoms with E-state index in [1.54, 1.807) is 25.7 Å². The molecule has 1 fully saturated rings. The van der Waals surface area contributed by atoms with Crippen LogP contribution in [0.3, 0.4) is 0 Å². The summed E-state index contributed by atoms with van der Waals surface area (Å²) in [5.74, 6) is -2.22. The summed E-state index contributed by atoms with van der Waals surface area (Å²) < 4.78 is 20.9. The Bertz CT molecular complexity index is 858. The number of amides is 1. The number of hydrogen-bond acceptors (Lipinski definition) is 5. The highest BCUT2D eigenvalue weighted by atomic mass is 19.1. The van der Waals surface area contributed by atoms with Crippen molar-refractivity contribution in [2.45, 2.75) is 45.3 Å². The zero-order valence-electron chi connectivity index (χ0n) is 14.9. The van der Waals surface area contributed by atoms with Crippen molar-refractivity contribution in [2.75, 3.05) is 13.1 Å². The largest absolute Gasteiger partial charge is 0.478 e. The lowest BCUT2D eigenvalue weighted by Crippen LogP contribution is -2.43. The highest BCUT2D eigenvalue weighted by Gasteiger charge is 2.31. The van der Waals surface area contributed by atoms with E-state index < -0.39 is 29.0 Å². The van der Waals surface area contributed by atoms with Gasteiger partial charge in [-0.3, -0.25) is 0 Å². The molecule has 1 aliphatic rings. The van der Waals surface area contributed by atoms with Gasteiger partial charge in [-0.2, -0.15) is 0 Å². The number of benzene rings is 1. The van der Waals surface area contributed by atoms with Gasteiger partial charge in [-0.05, 0) is 45.7 Å². The molecule has 8 nitrogen and oxygen atoms in total.